The standard InChI is InChI=1S/C15H19N3O5S/c1-9(13(20)17-15(16)22)23-14(21)10-6-4-5-7-11(10)24-8-12(19)18(2)3/h4-7,9H,8H2,1-3H3,(H3,16,17,20,22). The van der Waals surface area contributed by atoms with Crippen LogP contribution in [-0.2, 0) is 14.3 Å². The van der Waals surface area contributed by atoms with E-state index in [-0.39, 0.29) is 17.2 Å². The van der Waals surface area contributed by atoms with Crippen molar-refractivity contribution in [1.82, 2.24) is 10.2 Å². The normalized spacial score (nSPS) is 11.3. The molecule has 4 amide bonds. The van der Waals surface area contributed by atoms with Crippen molar-refractivity contribution in [3.63, 3.8) is 0 Å². The van der Waals surface area contributed by atoms with Crippen LogP contribution in [0.4, 0.5) is 4.79 Å². The summed E-state index contributed by atoms with van der Waals surface area (Å²) >= 11 is 1.19. The number of nitrogens with zero attached hydrogens (tertiary/aromatic N) is 1. The van der Waals surface area contributed by atoms with Crippen LogP contribution in [0, 0.1) is 0 Å². The highest BCUT2D eigenvalue weighted by Gasteiger charge is 2.22. The van der Waals surface area contributed by atoms with Crippen LogP contribution in [0.25, 0.3) is 0 Å². The molecule has 130 valence electrons. The largest absolute Gasteiger partial charge is 0.449 e. The summed E-state index contributed by atoms with van der Waals surface area (Å²) < 4.78 is 5.03. The first-order valence-corrected chi connectivity index (χ1v) is 7.94. The van der Waals surface area contributed by atoms with Crippen molar-refractivity contribution in [2.45, 2.75) is 17.9 Å². The zero-order valence-electron chi connectivity index (χ0n) is 13.6. The van der Waals surface area contributed by atoms with E-state index in [9.17, 15) is 19.2 Å². The minimum atomic E-state index is -1.19. The predicted molar refractivity (Wildman–Crippen MR) is 88.5 cm³/mol. The second kappa shape index (κ2) is 8.92. The number of nitrogens with one attached hydrogen (secondary N) is 1. The topological polar surface area (TPSA) is 119 Å². The molecule has 0 saturated carbocycles. The zero-order valence-corrected chi connectivity index (χ0v) is 14.4. The highest BCUT2D eigenvalue weighted by atomic mass is 32.2. The maximum atomic E-state index is 12.2. The monoisotopic (exact) mass is 353 g/mol. The van der Waals surface area contributed by atoms with E-state index in [1.165, 1.54) is 29.7 Å². The minimum absolute atomic E-state index is 0.0997. The van der Waals surface area contributed by atoms with Crippen LogP contribution in [-0.4, -0.2) is 54.7 Å². The minimum Gasteiger partial charge on any atom is -0.449 e. The van der Waals surface area contributed by atoms with E-state index in [1.807, 2.05) is 5.32 Å². The van der Waals surface area contributed by atoms with Crippen molar-refractivity contribution in [1.29, 1.82) is 0 Å². The van der Waals surface area contributed by atoms with Crippen molar-refractivity contribution in [3.8, 4) is 0 Å². The summed E-state index contributed by atoms with van der Waals surface area (Å²) in [6, 6.07) is 5.55. The summed E-state index contributed by atoms with van der Waals surface area (Å²) in [6.07, 6.45) is -1.19. The molecule has 24 heavy (non-hydrogen) atoms. The molecule has 0 aliphatic carbocycles. The molecule has 0 fully saturated rings. The van der Waals surface area contributed by atoms with E-state index in [2.05, 4.69) is 0 Å². The fourth-order valence-corrected chi connectivity index (χ4v) is 2.55. The Hall–Kier alpha value is -2.55. The third-order valence-corrected chi connectivity index (χ3v) is 3.91. The Morgan fingerprint density at radius 3 is 2.46 bits per heavy atom. The molecule has 0 saturated heterocycles. The van der Waals surface area contributed by atoms with E-state index in [1.54, 1.807) is 32.3 Å². The molecule has 1 atom stereocenters. The lowest BCUT2D eigenvalue weighted by atomic mass is 10.2. The predicted octanol–water partition coefficient (Wildman–Crippen LogP) is 0.607. The van der Waals surface area contributed by atoms with E-state index in [0.29, 0.717) is 4.90 Å². The fraction of sp³-hybridized carbons (Fsp3) is 0.333. The van der Waals surface area contributed by atoms with E-state index >= 15 is 0 Å². The number of amides is 4. The van der Waals surface area contributed by atoms with Gasteiger partial charge >= 0.3 is 12.0 Å². The van der Waals surface area contributed by atoms with Gasteiger partial charge in [-0.3, -0.25) is 14.9 Å². The van der Waals surface area contributed by atoms with Crippen molar-refractivity contribution >= 4 is 35.6 Å². The Bertz CT molecular complexity index is 648. The lowest BCUT2D eigenvalue weighted by Crippen LogP contribution is -2.42. The van der Waals surface area contributed by atoms with Crippen LogP contribution >= 0.6 is 11.8 Å². The zero-order chi connectivity index (χ0) is 18.3. The lowest BCUT2D eigenvalue weighted by molar-refractivity contribution is -0.128. The van der Waals surface area contributed by atoms with Crippen LogP contribution in [0.2, 0.25) is 0 Å². The molecule has 0 aromatic heterocycles. The first-order chi connectivity index (χ1) is 11.2. The van der Waals surface area contributed by atoms with Gasteiger partial charge in [0.1, 0.15) is 0 Å². The number of rotatable bonds is 6. The number of primary amides is 1. The van der Waals surface area contributed by atoms with Gasteiger partial charge in [-0.25, -0.2) is 9.59 Å². The summed E-state index contributed by atoms with van der Waals surface area (Å²) in [5.41, 5.74) is 5.07. The van der Waals surface area contributed by atoms with Crippen molar-refractivity contribution in [2.75, 3.05) is 19.8 Å². The summed E-state index contributed by atoms with van der Waals surface area (Å²) in [5.74, 6) is -1.49. The van der Waals surface area contributed by atoms with Gasteiger partial charge in [0, 0.05) is 19.0 Å². The first-order valence-electron chi connectivity index (χ1n) is 6.95. The number of ether oxygens (including phenoxy) is 1. The van der Waals surface area contributed by atoms with Gasteiger partial charge in [0.2, 0.25) is 5.91 Å². The van der Waals surface area contributed by atoms with Gasteiger partial charge in [-0.05, 0) is 19.1 Å². The number of imide groups is 1. The number of esters is 1. The second-order valence-corrected chi connectivity index (χ2v) is 5.99. The summed E-state index contributed by atoms with van der Waals surface area (Å²) in [4.78, 5) is 48.1. The molecule has 0 aliphatic heterocycles. The number of carbonyl (C=O) groups excluding carboxylic acids is 4. The Morgan fingerprint density at radius 1 is 1.25 bits per heavy atom. The van der Waals surface area contributed by atoms with Crippen LogP contribution in [0.3, 0.4) is 0 Å². The molecule has 0 bridgehead atoms. The van der Waals surface area contributed by atoms with Crippen molar-refractivity contribution < 1.29 is 23.9 Å². The SMILES string of the molecule is CC(OC(=O)c1ccccc1SCC(=O)N(C)C)C(=O)NC(N)=O. The molecule has 3 N–H and O–H groups in total. The average molecular weight is 353 g/mol. The van der Waals surface area contributed by atoms with Gasteiger partial charge in [0.15, 0.2) is 6.10 Å². The second-order valence-electron chi connectivity index (χ2n) is 4.97. The molecule has 1 rings (SSSR count). The molecule has 8 nitrogen and oxygen atoms in total. The number of carbonyl (C=O) groups is 4. The number of hydrogen-bond acceptors (Lipinski definition) is 6. The first kappa shape index (κ1) is 19.5. The molecule has 1 aromatic rings. The molecular formula is C15H19N3O5S. The molecule has 0 heterocycles. The number of thioether (sulfide) groups is 1. The molecule has 0 radical (unpaired) electrons. The summed E-state index contributed by atoms with van der Waals surface area (Å²) in [5, 5.41) is 1.83. The number of hydrogen-bond donors (Lipinski definition) is 2. The van der Waals surface area contributed by atoms with Crippen LogP contribution in [0.1, 0.15) is 17.3 Å². The third-order valence-electron chi connectivity index (χ3n) is 2.86. The Balaban J connectivity index is 2.78. The van der Waals surface area contributed by atoms with E-state index in [4.69, 9.17) is 10.5 Å². The van der Waals surface area contributed by atoms with Gasteiger partial charge in [-0.15, -0.1) is 11.8 Å². The Morgan fingerprint density at radius 2 is 1.88 bits per heavy atom. The van der Waals surface area contributed by atoms with Gasteiger partial charge in [0.25, 0.3) is 5.91 Å². The van der Waals surface area contributed by atoms with Gasteiger partial charge < -0.3 is 15.4 Å². The van der Waals surface area contributed by atoms with Crippen molar-refractivity contribution in [2.24, 2.45) is 5.73 Å². The smallest absolute Gasteiger partial charge is 0.340 e. The van der Waals surface area contributed by atoms with E-state index in [0.717, 1.165) is 0 Å². The molecule has 9 heteroatoms. The molecular weight excluding hydrogens is 334 g/mol. The van der Waals surface area contributed by atoms with E-state index < -0.39 is 24.0 Å². The molecule has 1 aromatic carbocycles. The highest BCUT2D eigenvalue weighted by Crippen LogP contribution is 2.24. The van der Waals surface area contributed by atoms with Gasteiger partial charge in [0.05, 0.1) is 11.3 Å². The van der Waals surface area contributed by atoms with Crippen molar-refractivity contribution in [3.05, 3.63) is 29.8 Å². The maximum absolute atomic E-state index is 12.2. The van der Waals surface area contributed by atoms with Gasteiger partial charge in [-0.2, -0.15) is 0 Å². The number of nitrogens with two attached hydrogens (primary N) is 1. The highest BCUT2D eigenvalue weighted by molar-refractivity contribution is 8.00. The van der Waals surface area contributed by atoms with Crippen LogP contribution in [0.5, 0.6) is 0 Å². The molecule has 0 spiro atoms. The summed E-state index contributed by atoms with van der Waals surface area (Å²) in [7, 11) is 3.28. The van der Waals surface area contributed by atoms with Crippen LogP contribution in [0.15, 0.2) is 29.2 Å². The van der Waals surface area contributed by atoms with Crippen LogP contribution < -0.4 is 11.1 Å². The fourth-order valence-electron chi connectivity index (χ4n) is 1.53. The lowest BCUT2D eigenvalue weighted by Gasteiger charge is -2.14. The number of urea groups is 1. The van der Waals surface area contributed by atoms with Gasteiger partial charge in [-0.1, -0.05) is 12.1 Å². The quantitative estimate of drug-likeness (QED) is 0.571. The average Bonchev–Trinajstić information content (AvgIpc) is 2.51. The molecule has 0 aliphatic rings. The Kier molecular flexibility index (Phi) is 7.25. The summed E-state index contributed by atoms with van der Waals surface area (Å²) in [6.45, 7) is 1.32. The number of benzene rings is 1. The molecule has 1 unspecified atom stereocenters. The Labute approximate surface area is 143 Å². The maximum Gasteiger partial charge on any atom is 0.340 e. The third kappa shape index (κ3) is 5.92.